The van der Waals surface area contributed by atoms with Gasteiger partial charge in [-0.1, -0.05) is 5.16 Å². The summed E-state index contributed by atoms with van der Waals surface area (Å²) in [5.74, 6) is 0.491. The van der Waals surface area contributed by atoms with Gasteiger partial charge in [0.25, 0.3) is 0 Å². The van der Waals surface area contributed by atoms with Crippen molar-refractivity contribution in [2.75, 3.05) is 0 Å². The standard InChI is InChI=1S/C8H6N4O/c1-9-8-11-7(12-13-8)6-2-4-10-5-3-6/h2-5H,1H2. The summed E-state index contributed by atoms with van der Waals surface area (Å²) >= 11 is 0. The third-order valence-electron chi connectivity index (χ3n) is 1.49. The van der Waals surface area contributed by atoms with Crippen LogP contribution in [0.5, 0.6) is 0 Å². The molecule has 5 heteroatoms. The molecule has 64 valence electrons. The van der Waals surface area contributed by atoms with Crippen molar-refractivity contribution in [2.45, 2.75) is 0 Å². The van der Waals surface area contributed by atoms with Crippen molar-refractivity contribution in [3.63, 3.8) is 0 Å². The average molecular weight is 174 g/mol. The van der Waals surface area contributed by atoms with Crippen LogP contribution in [0.3, 0.4) is 0 Å². The molecule has 0 aliphatic heterocycles. The molecule has 2 aromatic rings. The number of pyridine rings is 1. The number of aliphatic imine (C=N–C) groups is 1. The largest absolute Gasteiger partial charge is 0.347 e. The summed E-state index contributed by atoms with van der Waals surface area (Å²) in [7, 11) is 0. The average Bonchev–Trinajstić information content (AvgIpc) is 2.67. The van der Waals surface area contributed by atoms with E-state index in [4.69, 9.17) is 4.52 Å². The fourth-order valence-corrected chi connectivity index (χ4v) is 0.898. The molecule has 0 saturated carbocycles. The molecule has 0 fully saturated rings. The first-order valence-electron chi connectivity index (χ1n) is 3.61. The summed E-state index contributed by atoms with van der Waals surface area (Å²) in [6, 6.07) is 3.75. The molecule has 0 radical (unpaired) electrons. The lowest BCUT2D eigenvalue weighted by Crippen LogP contribution is -1.79. The number of hydrogen-bond acceptors (Lipinski definition) is 5. The Labute approximate surface area is 74.2 Å². The van der Waals surface area contributed by atoms with Crippen molar-refractivity contribution >= 4 is 12.7 Å². The topological polar surface area (TPSA) is 64.2 Å². The smallest absolute Gasteiger partial charge is 0.313 e. The molecule has 0 aliphatic rings. The van der Waals surface area contributed by atoms with Gasteiger partial charge in [0.05, 0.1) is 0 Å². The van der Waals surface area contributed by atoms with Gasteiger partial charge in [0.1, 0.15) is 0 Å². The van der Waals surface area contributed by atoms with Crippen molar-refractivity contribution in [2.24, 2.45) is 4.99 Å². The molecule has 2 rings (SSSR count). The van der Waals surface area contributed by atoms with E-state index >= 15 is 0 Å². The van der Waals surface area contributed by atoms with Crippen LogP contribution in [-0.4, -0.2) is 21.8 Å². The lowest BCUT2D eigenvalue weighted by atomic mass is 10.3. The minimum Gasteiger partial charge on any atom is -0.313 e. The molecule has 0 spiro atoms. The monoisotopic (exact) mass is 174 g/mol. The Balaban J connectivity index is 2.41. The first-order chi connectivity index (χ1) is 6.40. The fraction of sp³-hybridized carbons (Fsp3) is 0. The second-order valence-electron chi connectivity index (χ2n) is 2.29. The summed E-state index contributed by atoms with van der Waals surface area (Å²) in [6.45, 7) is 3.28. The Morgan fingerprint density at radius 1 is 1.31 bits per heavy atom. The number of nitrogens with zero attached hydrogens (tertiary/aromatic N) is 4. The summed E-state index contributed by atoms with van der Waals surface area (Å²) < 4.78 is 4.76. The zero-order valence-electron chi connectivity index (χ0n) is 6.71. The van der Waals surface area contributed by atoms with Crippen molar-refractivity contribution in [3.05, 3.63) is 24.5 Å². The lowest BCUT2D eigenvalue weighted by Gasteiger charge is -1.88. The van der Waals surface area contributed by atoms with E-state index in [1.165, 1.54) is 0 Å². The van der Waals surface area contributed by atoms with Crippen LogP contribution in [-0.2, 0) is 0 Å². The van der Waals surface area contributed by atoms with E-state index in [-0.39, 0.29) is 6.01 Å². The van der Waals surface area contributed by atoms with Gasteiger partial charge >= 0.3 is 6.01 Å². The first-order valence-corrected chi connectivity index (χ1v) is 3.61. The lowest BCUT2D eigenvalue weighted by molar-refractivity contribution is 0.430. The van der Waals surface area contributed by atoms with Crippen LogP contribution in [0, 0.1) is 0 Å². The normalized spacial score (nSPS) is 9.85. The van der Waals surface area contributed by atoms with Crippen LogP contribution in [0.1, 0.15) is 0 Å². The maximum Gasteiger partial charge on any atom is 0.347 e. The number of aromatic nitrogens is 3. The molecule has 13 heavy (non-hydrogen) atoms. The van der Waals surface area contributed by atoms with E-state index in [9.17, 15) is 0 Å². The van der Waals surface area contributed by atoms with Gasteiger partial charge < -0.3 is 4.52 Å². The van der Waals surface area contributed by atoms with Crippen LogP contribution in [0.2, 0.25) is 0 Å². The Hall–Kier alpha value is -2.04. The summed E-state index contributed by atoms with van der Waals surface area (Å²) in [5, 5.41) is 3.71. The summed E-state index contributed by atoms with van der Waals surface area (Å²) in [6.07, 6.45) is 3.32. The minimum atomic E-state index is 0.173. The highest BCUT2D eigenvalue weighted by Crippen LogP contribution is 2.16. The van der Waals surface area contributed by atoms with Crippen LogP contribution in [0.4, 0.5) is 6.01 Å². The molecule has 0 aromatic carbocycles. The SMILES string of the molecule is C=Nc1nc(-c2ccncc2)no1. The van der Waals surface area contributed by atoms with Gasteiger partial charge in [-0.15, -0.1) is 0 Å². The van der Waals surface area contributed by atoms with E-state index in [0.29, 0.717) is 5.82 Å². The molecule has 0 N–H and O–H groups in total. The zero-order chi connectivity index (χ0) is 9.10. The maximum absolute atomic E-state index is 4.76. The summed E-state index contributed by atoms with van der Waals surface area (Å²) in [4.78, 5) is 11.4. The molecule has 0 unspecified atom stereocenters. The van der Waals surface area contributed by atoms with Crippen LogP contribution < -0.4 is 0 Å². The van der Waals surface area contributed by atoms with Gasteiger partial charge in [-0.2, -0.15) is 4.98 Å². The molecule has 2 heterocycles. The Morgan fingerprint density at radius 3 is 2.69 bits per heavy atom. The quantitative estimate of drug-likeness (QED) is 0.646. The van der Waals surface area contributed by atoms with Crippen LogP contribution in [0.25, 0.3) is 11.4 Å². The molecule has 0 aliphatic carbocycles. The molecule has 0 atom stereocenters. The van der Waals surface area contributed by atoms with Gasteiger partial charge in [-0.3, -0.25) is 4.98 Å². The third kappa shape index (κ3) is 1.44. The highest BCUT2D eigenvalue weighted by atomic mass is 16.5. The second kappa shape index (κ2) is 3.14. The van der Waals surface area contributed by atoms with Gasteiger partial charge in [-0.05, 0) is 18.9 Å². The highest BCUT2D eigenvalue weighted by Gasteiger charge is 2.05. The molecule has 5 nitrogen and oxygen atoms in total. The van der Waals surface area contributed by atoms with E-state index in [2.05, 4.69) is 26.8 Å². The second-order valence-corrected chi connectivity index (χ2v) is 2.29. The minimum absolute atomic E-state index is 0.173. The van der Waals surface area contributed by atoms with E-state index in [0.717, 1.165) is 5.56 Å². The van der Waals surface area contributed by atoms with Crippen LogP contribution >= 0.6 is 0 Å². The summed E-state index contributed by atoms with van der Waals surface area (Å²) in [5.41, 5.74) is 0.841. The number of hydrogen-bond donors (Lipinski definition) is 0. The van der Waals surface area contributed by atoms with Crippen molar-refractivity contribution in [1.82, 2.24) is 15.1 Å². The van der Waals surface area contributed by atoms with E-state index in [1.807, 2.05) is 0 Å². The van der Waals surface area contributed by atoms with Gasteiger partial charge in [0.2, 0.25) is 5.82 Å². The molecule has 0 saturated heterocycles. The van der Waals surface area contributed by atoms with Gasteiger partial charge in [0.15, 0.2) is 0 Å². The highest BCUT2D eigenvalue weighted by molar-refractivity contribution is 5.54. The predicted octanol–water partition coefficient (Wildman–Crippen LogP) is 1.46. The Morgan fingerprint density at radius 2 is 2.08 bits per heavy atom. The van der Waals surface area contributed by atoms with Crippen molar-refractivity contribution in [1.29, 1.82) is 0 Å². The van der Waals surface area contributed by atoms with Gasteiger partial charge in [-0.25, -0.2) is 4.99 Å². The third-order valence-corrected chi connectivity index (χ3v) is 1.49. The van der Waals surface area contributed by atoms with Crippen molar-refractivity contribution in [3.8, 4) is 11.4 Å². The predicted molar refractivity (Wildman–Crippen MR) is 46.7 cm³/mol. The molecule has 0 bridgehead atoms. The first kappa shape index (κ1) is 7.60. The number of rotatable bonds is 2. The van der Waals surface area contributed by atoms with E-state index < -0.39 is 0 Å². The Kier molecular flexibility index (Phi) is 1.84. The fourth-order valence-electron chi connectivity index (χ4n) is 0.898. The zero-order valence-corrected chi connectivity index (χ0v) is 6.71. The van der Waals surface area contributed by atoms with Crippen molar-refractivity contribution < 1.29 is 4.52 Å². The Bertz CT molecular complexity index is 409. The molecule has 0 amide bonds. The van der Waals surface area contributed by atoms with Gasteiger partial charge in [0, 0.05) is 18.0 Å². The molecule has 2 aromatic heterocycles. The molecular formula is C8H6N4O. The van der Waals surface area contributed by atoms with E-state index in [1.54, 1.807) is 24.5 Å². The maximum atomic E-state index is 4.76. The van der Waals surface area contributed by atoms with Crippen LogP contribution in [0.15, 0.2) is 34.0 Å². The molecular weight excluding hydrogens is 168 g/mol.